The van der Waals surface area contributed by atoms with E-state index in [4.69, 9.17) is 0 Å². The Morgan fingerprint density at radius 2 is 2.10 bits per heavy atom. The van der Waals surface area contributed by atoms with Gasteiger partial charge in [0.1, 0.15) is 6.67 Å². The molecule has 0 saturated heterocycles. The molecule has 1 rings (SSSR count). The van der Waals surface area contributed by atoms with Gasteiger partial charge in [0.25, 0.3) is 0 Å². The van der Waals surface area contributed by atoms with E-state index in [1.807, 2.05) is 6.07 Å². The second kappa shape index (κ2) is 3.42. The fraction of sp³-hybridized carbons (Fsp3) is 0.125. The summed E-state index contributed by atoms with van der Waals surface area (Å²) in [5.41, 5.74) is 1.29. The summed E-state index contributed by atoms with van der Waals surface area (Å²) in [5.74, 6) is 0. The van der Waals surface area contributed by atoms with Gasteiger partial charge in [-0.05, 0) is 11.1 Å². The van der Waals surface area contributed by atoms with Gasteiger partial charge in [0.15, 0.2) is 0 Å². The van der Waals surface area contributed by atoms with Crippen molar-refractivity contribution < 1.29 is 4.39 Å². The van der Waals surface area contributed by atoms with E-state index in [0.29, 0.717) is 11.1 Å². The molecule has 0 aliphatic carbocycles. The van der Waals surface area contributed by atoms with E-state index in [1.165, 1.54) is 0 Å². The van der Waals surface area contributed by atoms with Gasteiger partial charge < -0.3 is 0 Å². The number of hydrogen-bond donors (Lipinski definition) is 0. The monoisotopic (exact) mass is 153 g/mol. The van der Waals surface area contributed by atoms with Gasteiger partial charge in [0, 0.05) is 0 Å². The molecule has 2 heteroatoms. The molecule has 1 aromatic carbocycles. The second-order valence-corrected chi connectivity index (χ2v) is 2.10. The molecule has 0 atom stereocenters. The molecule has 10 heavy (non-hydrogen) atoms. The van der Waals surface area contributed by atoms with Crippen LogP contribution in [-0.4, -0.2) is 5.37 Å². The summed E-state index contributed by atoms with van der Waals surface area (Å²) in [7, 11) is 0. The SMILES string of the molecule is FCc1ccccc1[C]=S. The molecular weight excluding hydrogens is 147 g/mol. The van der Waals surface area contributed by atoms with Crippen molar-refractivity contribution in [1.82, 2.24) is 0 Å². The highest BCUT2D eigenvalue weighted by atomic mass is 32.1. The normalized spacial score (nSPS) is 9.30. The summed E-state index contributed by atoms with van der Waals surface area (Å²) >= 11 is 4.56. The van der Waals surface area contributed by atoms with Crippen LogP contribution >= 0.6 is 12.2 Å². The quantitative estimate of drug-likeness (QED) is 0.588. The predicted molar refractivity (Wildman–Crippen MR) is 43.0 cm³/mol. The Morgan fingerprint density at radius 3 is 2.60 bits per heavy atom. The smallest absolute Gasteiger partial charge is 0.115 e. The number of benzene rings is 1. The average Bonchev–Trinajstić information content (AvgIpc) is 2.04. The number of thiocarbonyl (C=S) groups is 1. The first-order valence-electron chi connectivity index (χ1n) is 2.90. The van der Waals surface area contributed by atoms with E-state index in [0.717, 1.165) is 0 Å². The standard InChI is InChI=1S/C8H6FS/c9-5-7-3-1-2-4-8(7)6-10/h1-4H,5H2. The van der Waals surface area contributed by atoms with Crippen molar-refractivity contribution in [3.8, 4) is 0 Å². The highest BCUT2D eigenvalue weighted by Crippen LogP contribution is 2.06. The van der Waals surface area contributed by atoms with E-state index in [-0.39, 0.29) is 0 Å². The van der Waals surface area contributed by atoms with Crippen LogP contribution in [0.4, 0.5) is 4.39 Å². The first-order chi connectivity index (χ1) is 4.88. The number of hydrogen-bond acceptors (Lipinski definition) is 1. The first kappa shape index (κ1) is 7.35. The molecule has 0 fully saturated rings. The van der Waals surface area contributed by atoms with E-state index < -0.39 is 6.67 Å². The molecule has 0 saturated carbocycles. The maximum absolute atomic E-state index is 12.1. The predicted octanol–water partition coefficient (Wildman–Crippen LogP) is 2.38. The van der Waals surface area contributed by atoms with Gasteiger partial charge in [0.05, 0.1) is 5.37 Å². The molecule has 0 nitrogen and oxygen atoms in total. The van der Waals surface area contributed by atoms with Gasteiger partial charge in [-0.1, -0.05) is 36.5 Å². The Kier molecular flexibility index (Phi) is 2.51. The molecule has 0 N–H and O–H groups in total. The molecule has 0 aliphatic heterocycles. The Labute approximate surface area is 64.7 Å². The zero-order chi connectivity index (χ0) is 7.40. The molecule has 0 heterocycles. The minimum absolute atomic E-state index is 0.472. The zero-order valence-electron chi connectivity index (χ0n) is 5.30. The van der Waals surface area contributed by atoms with Crippen LogP contribution < -0.4 is 0 Å². The van der Waals surface area contributed by atoms with Gasteiger partial charge >= 0.3 is 0 Å². The van der Waals surface area contributed by atoms with Gasteiger partial charge in [-0.15, -0.1) is 0 Å². The maximum atomic E-state index is 12.1. The number of halogens is 1. The Bertz CT molecular complexity index is 232. The van der Waals surface area contributed by atoms with Crippen molar-refractivity contribution in [3.63, 3.8) is 0 Å². The van der Waals surface area contributed by atoms with Crippen molar-refractivity contribution in [2.75, 3.05) is 0 Å². The highest BCUT2D eigenvalue weighted by molar-refractivity contribution is 7.79. The minimum Gasteiger partial charge on any atom is -0.246 e. The lowest BCUT2D eigenvalue weighted by molar-refractivity contribution is 0.485. The van der Waals surface area contributed by atoms with Crippen LogP contribution in [0.15, 0.2) is 24.3 Å². The largest absolute Gasteiger partial charge is 0.246 e. The molecule has 0 amide bonds. The van der Waals surface area contributed by atoms with Crippen LogP contribution in [0.5, 0.6) is 0 Å². The number of rotatable bonds is 2. The molecule has 0 bridgehead atoms. The average molecular weight is 153 g/mol. The van der Waals surface area contributed by atoms with Crippen LogP contribution in [0.2, 0.25) is 0 Å². The minimum atomic E-state index is -0.472. The lowest BCUT2D eigenvalue weighted by Crippen LogP contribution is -1.86. The third-order valence-electron chi connectivity index (χ3n) is 1.27. The van der Waals surface area contributed by atoms with E-state index in [2.05, 4.69) is 17.6 Å². The maximum Gasteiger partial charge on any atom is 0.115 e. The lowest BCUT2D eigenvalue weighted by atomic mass is 10.1. The number of alkyl halides is 1. The third kappa shape index (κ3) is 1.39. The van der Waals surface area contributed by atoms with Crippen LogP contribution in [0.25, 0.3) is 0 Å². The summed E-state index contributed by atoms with van der Waals surface area (Å²) < 4.78 is 12.1. The molecule has 1 radical (unpaired) electrons. The summed E-state index contributed by atoms with van der Waals surface area (Å²) in [6, 6.07) is 7.05. The fourth-order valence-electron chi connectivity index (χ4n) is 0.736. The summed E-state index contributed by atoms with van der Waals surface area (Å²) in [6.07, 6.45) is 0. The third-order valence-corrected chi connectivity index (χ3v) is 1.49. The topological polar surface area (TPSA) is 0 Å². The van der Waals surface area contributed by atoms with Gasteiger partial charge in [0.2, 0.25) is 0 Å². The van der Waals surface area contributed by atoms with Crippen LogP contribution in [-0.2, 0) is 6.67 Å². The lowest BCUT2D eigenvalue weighted by Gasteiger charge is -1.96. The van der Waals surface area contributed by atoms with Crippen LogP contribution in [0.1, 0.15) is 11.1 Å². The van der Waals surface area contributed by atoms with Crippen molar-refractivity contribution in [1.29, 1.82) is 0 Å². The van der Waals surface area contributed by atoms with Gasteiger partial charge in [-0.3, -0.25) is 0 Å². The summed E-state index contributed by atoms with van der Waals surface area (Å²) in [5, 5.41) is 2.49. The zero-order valence-corrected chi connectivity index (χ0v) is 6.12. The van der Waals surface area contributed by atoms with E-state index in [1.54, 1.807) is 18.2 Å². The molecular formula is C8H6FS. The molecule has 0 unspecified atom stereocenters. The highest BCUT2D eigenvalue weighted by Gasteiger charge is 1.95. The molecule has 1 aromatic rings. The molecule has 0 spiro atoms. The second-order valence-electron chi connectivity index (χ2n) is 1.89. The van der Waals surface area contributed by atoms with Crippen molar-refractivity contribution >= 4 is 17.6 Å². The molecule has 0 aromatic heterocycles. The molecule has 0 aliphatic rings. The van der Waals surface area contributed by atoms with Crippen LogP contribution in [0.3, 0.4) is 0 Å². The van der Waals surface area contributed by atoms with Crippen molar-refractivity contribution in [2.45, 2.75) is 6.67 Å². The Balaban J connectivity index is 3.08. The van der Waals surface area contributed by atoms with Crippen molar-refractivity contribution in [2.24, 2.45) is 0 Å². The van der Waals surface area contributed by atoms with Crippen LogP contribution in [0, 0.1) is 0 Å². The Morgan fingerprint density at radius 1 is 1.40 bits per heavy atom. The summed E-state index contributed by atoms with van der Waals surface area (Å²) in [6.45, 7) is -0.472. The fourth-order valence-corrected chi connectivity index (χ4v) is 0.936. The van der Waals surface area contributed by atoms with E-state index in [9.17, 15) is 4.39 Å². The summed E-state index contributed by atoms with van der Waals surface area (Å²) in [4.78, 5) is 0. The van der Waals surface area contributed by atoms with Gasteiger partial charge in [-0.2, -0.15) is 0 Å². The first-order valence-corrected chi connectivity index (χ1v) is 3.31. The molecule has 51 valence electrons. The van der Waals surface area contributed by atoms with Crippen molar-refractivity contribution in [3.05, 3.63) is 35.4 Å². The Hall–Kier alpha value is -0.760. The van der Waals surface area contributed by atoms with E-state index >= 15 is 0 Å². The van der Waals surface area contributed by atoms with Gasteiger partial charge in [-0.25, -0.2) is 4.39 Å².